The maximum Gasteiger partial charge on any atom is 0.303 e. The number of aliphatic carboxylic acids is 1. The molecule has 1 rings (SSSR count). The van der Waals surface area contributed by atoms with Crippen molar-refractivity contribution in [3.8, 4) is 0 Å². The van der Waals surface area contributed by atoms with E-state index < -0.39 is 11.5 Å². The molecule has 0 radical (unpaired) electrons. The minimum atomic E-state index is -0.798. The van der Waals surface area contributed by atoms with Crippen LogP contribution in [-0.4, -0.2) is 21.3 Å². The number of carboxylic acids is 1. The number of allylic oxidation sites excluding steroid dienone is 3. The summed E-state index contributed by atoms with van der Waals surface area (Å²) in [5, 5.41) is 13.6. The maximum atomic E-state index is 11.8. The van der Waals surface area contributed by atoms with E-state index in [-0.39, 0.29) is 22.4 Å². The van der Waals surface area contributed by atoms with Crippen LogP contribution in [-0.2, 0) is 4.79 Å². The molecular weight excluding hydrogens is 284 g/mol. The van der Waals surface area contributed by atoms with E-state index in [2.05, 4.69) is 16.8 Å². The van der Waals surface area contributed by atoms with Crippen molar-refractivity contribution in [2.75, 3.05) is 0 Å². The van der Waals surface area contributed by atoms with Crippen LogP contribution in [0, 0.1) is 0 Å². The van der Waals surface area contributed by atoms with Gasteiger partial charge in [0.2, 0.25) is 0 Å². The molecule has 0 aliphatic carbocycles. The van der Waals surface area contributed by atoms with E-state index in [1.54, 1.807) is 12.2 Å². The molecular formula is C16H20N2O4. The minimum Gasteiger partial charge on any atom is -0.481 e. The minimum absolute atomic E-state index is 0.156. The van der Waals surface area contributed by atoms with Crippen LogP contribution in [0.15, 0.2) is 33.9 Å². The van der Waals surface area contributed by atoms with Crippen LogP contribution >= 0.6 is 0 Å². The summed E-state index contributed by atoms with van der Waals surface area (Å²) in [5.74, 6) is -0.798. The fourth-order valence-corrected chi connectivity index (χ4v) is 1.93. The van der Waals surface area contributed by atoms with Crippen molar-refractivity contribution < 1.29 is 9.90 Å². The number of rotatable bonds is 7. The summed E-state index contributed by atoms with van der Waals surface area (Å²) in [5.41, 5.74) is 0.232. The smallest absolute Gasteiger partial charge is 0.303 e. The van der Waals surface area contributed by atoms with Gasteiger partial charge in [0.1, 0.15) is 0 Å². The molecule has 0 saturated heterocycles. The summed E-state index contributed by atoms with van der Waals surface area (Å²) in [6.45, 7) is 5.43. The molecule has 1 heterocycles. The molecule has 0 aliphatic rings. The maximum absolute atomic E-state index is 11.8. The van der Waals surface area contributed by atoms with E-state index >= 15 is 0 Å². The molecule has 0 saturated carbocycles. The van der Waals surface area contributed by atoms with E-state index in [1.807, 2.05) is 6.92 Å². The second-order valence-corrected chi connectivity index (χ2v) is 4.92. The van der Waals surface area contributed by atoms with Gasteiger partial charge in [-0.15, -0.1) is 0 Å². The highest BCUT2D eigenvalue weighted by atomic mass is 16.4. The third kappa shape index (κ3) is 5.40. The van der Waals surface area contributed by atoms with Gasteiger partial charge in [0.05, 0.1) is 10.4 Å². The Morgan fingerprint density at radius 1 is 1.09 bits per heavy atom. The Morgan fingerprint density at radius 3 is 2.18 bits per heavy atom. The van der Waals surface area contributed by atoms with Crippen molar-refractivity contribution in [3.05, 3.63) is 55.4 Å². The van der Waals surface area contributed by atoms with Crippen LogP contribution in [0.1, 0.15) is 32.6 Å². The molecule has 6 nitrogen and oxygen atoms in total. The molecule has 0 amide bonds. The fraction of sp³-hybridized carbons (Fsp3) is 0.312. The zero-order valence-electron chi connectivity index (χ0n) is 12.5. The highest BCUT2D eigenvalue weighted by Gasteiger charge is 1.98. The van der Waals surface area contributed by atoms with Crippen molar-refractivity contribution in [2.24, 2.45) is 0 Å². The molecule has 0 atom stereocenters. The van der Waals surface area contributed by atoms with Gasteiger partial charge in [-0.05, 0) is 38.3 Å². The molecule has 3 N–H and O–H groups in total. The lowest BCUT2D eigenvalue weighted by atomic mass is 10.1. The molecule has 0 aromatic carbocycles. The van der Waals surface area contributed by atoms with Gasteiger partial charge >= 0.3 is 5.97 Å². The molecule has 0 spiro atoms. The summed E-state index contributed by atoms with van der Waals surface area (Å²) in [4.78, 5) is 33.9. The van der Waals surface area contributed by atoms with E-state index in [9.17, 15) is 14.4 Å². The zero-order valence-corrected chi connectivity index (χ0v) is 12.5. The number of carbonyl (C=O) groups is 1. The first kappa shape index (κ1) is 17.4. The van der Waals surface area contributed by atoms with Crippen molar-refractivity contribution in [2.45, 2.75) is 32.6 Å². The molecule has 6 heteroatoms. The van der Waals surface area contributed by atoms with Crippen molar-refractivity contribution in [1.29, 1.82) is 0 Å². The van der Waals surface area contributed by atoms with E-state index in [1.165, 1.54) is 12.2 Å². The first-order chi connectivity index (χ1) is 10.5. The van der Waals surface area contributed by atoms with Crippen LogP contribution in [0.5, 0.6) is 0 Å². The van der Waals surface area contributed by atoms with Gasteiger partial charge in [-0.25, -0.2) is 0 Å². The predicted octanol–water partition coefficient (Wildman–Crippen LogP) is 0.401. The molecule has 1 aromatic rings. The first-order valence-electron chi connectivity index (χ1n) is 6.98. The topological polar surface area (TPSA) is 103 Å². The lowest BCUT2D eigenvalue weighted by molar-refractivity contribution is -0.137. The molecule has 0 unspecified atom stereocenters. The second kappa shape index (κ2) is 8.61. The highest BCUT2D eigenvalue weighted by molar-refractivity contribution is 5.66. The normalized spacial score (nSPS) is 13.4. The van der Waals surface area contributed by atoms with Gasteiger partial charge < -0.3 is 5.11 Å². The van der Waals surface area contributed by atoms with Crippen LogP contribution in [0.2, 0.25) is 0 Å². The van der Waals surface area contributed by atoms with Crippen LogP contribution in [0.4, 0.5) is 0 Å². The lowest BCUT2D eigenvalue weighted by Crippen LogP contribution is -2.50. The summed E-state index contributed by atoms with van der Waals surface area (Å²) in [7, 11) is 0. The average molecular weight is 304 g/mol. The standard InChI is InChI=1S/C16H20N2O4/c1-3-6-12-13(16(22)18-17-15(12)21)10-9-11(2)7-4-5-8-14(19)20/h3,6,9-10H,1,4-5,7-8H2,2H3,(H,17,21)(H,18,22)(H,19,20)/b11-9+,12-6+,13-10+. The summed E-state index contributed by atoms with van der Waals surface area (Å²) < 4.78 is 0. The van der Waals surface area contributed by atoms with Gasteiger partial charge in [0, 0.05) is 6.42 Å². The molecule has 0 bridgehead atoms. The van der Waals surface area contributed by atoms with E-state index in [4.69, 9.17) is 5.11 Å². The summed E-state index contributed by atoms with van der Waals surface area (Å²) in [6.07, 6.45) is 8.57. The number of hydrogen-bond donors (Lipinski definition) is 3. The number of nitrogens with one attached hydrogen (secondary N) is 2. The Kier molecular flexibility index (Phi) is 6.82. The fourth-order valence-electron chi connectivity index (χ4n) is 1.93. The first-order valence-corrected chi connectivity index (χ1v) is 6.98. The largest absolute Gasteiger partial charge is 0.481 e. The van der Waals surface area contributed by atoms with Crippen LogP contribution < -0.4 is 21.6 Å². The Morgan fingerprint density at radius 2 is 1.64 bits per heavy atom. The van der Waals surface area contributed by atoms with Gasteiger partial charge in [-0.3, -0.25) is 24.6 Å². The van der Waals surface area contributed by atoms with Gasteiger partial charge in [-0.1, -0.05) is 24.3 Å². The summed E-state index contributed by atoms with van der Waals surface area (Å²) in [6, 6.07) is 0. The Bertz CT molecular complexity index is 797. The van der Waals surface area contributed by atoms with Gasteiger partial charge in [-0.2, -0.15) is 0 Å². The Hall–Kier alpha value is -2.63. The number of H-pyrrole nitrogens is 2. The lowest BCUT2D eigenvalue weighted by Gasteiger charge is -1.98. The average Bonchev–Trinajstić information content (AvgIpc) is 2.47. The van der Waals surface area contributed by atoms with Crippen LogP contribution in [0.3, 0.4) is 0 Å². The molecule has 118 valence electrons. The monoisotopic (exact) mass is 304 g/mol. The van der Waals surface area contributed by atoms with Crippen molar-refractivity contribution in [1.82, 2.24) is 10.2 Å². The van der Waals surface area contributed by atoms with Crippen molar-refractivity contribution in [3.63, 3.8) is 0 Å². The SMILES string of the molecule is C=C/C=c1/c(=O)[nH][nH]c(=O)/c1=C/C=C(\C)CCCCC(=O)O. The number of aromatic amines is 2. The Balaban J connectivity index is 3.01. The number of carboxylic acid groups (broad SMARTS) is 1. The van der Waals surface area contributed by atoms with Crippen molar-refractivity contribution >= 4 is 18.1 Å². The molecule has 0 aliphatic heterocycles. The van der Waals surface area contributed by atoms with Crippen LogP contribution in [0.25, 0.3) is 12.2 Å². The van der Waals surface area contributed by atoms with Gasteiger partial charge in [0.25, 0.3) is 11.1 Å². The predicted molar refractivity (Wildman–Crippen MR) is 85.9 cm³/mol. The van der Waals surface area contributed by atoms with Gasteiger partial charge in [0.15, 0.2) is 0 Å². The quantitative estimate of drug-likeness (QED) is 0.634. The van der Waals surface area contributed by atoms with E-state index in [0.717, 1.165) is 18.4 Å². The highest BCUT2D eigenvalue weighted by Crippen LogP contribution is 2.08. The second-order valence-electron chi connectivity index (χ2n) is 4.92. The molecule has 0 fully saturated rings. The number of hydrogen-bond acceptors (Lipinski definition) is 3. The Labute approximate surface area is 127 Å². The van der Waals surface area contributed by atoms with E-state index in [0.29, 0.717) is 6.42 Å². The summed E-state index contributed by atoms with van der Waals surface area (Å²) >= 11 is 0. The number of unbranched alkanes of at least 4 members (excludes halogenated alkanes) is 1. The zero-order chi connectivity index (χ0) is 16.5. The third-order valence-electron chi connectivity index (χ3n) is 3.10. The molecule has 22 heavy (non-hydrogen) atoms. The molecule has 1 aromatic heterocycles. The third-order valence-corrected chi connectivity index (χ3v) is 3.10. The number of aromatic nitrogens is 2.